The van der Waals surface area contributed by atoms with Gasteiger partial charge in [-0.2, -0.15) is 0 Å². The van der Waals surface area contributed by atoms with E-state index in [0.29, 0.717) is 13.1 Å². The lowest BCUT2D eigenvalue weighted by Gasteiger charge is -2.26. The van der Waals surface area contributed by atoms with Crippen LogP contribution in [-0.4, -0.2) is 65.0 Å². The Bertz CT molecular complexity index is 796. The molecule has 29 heavy (non-hydrogen) atoms. The van der Waals surface area contributed by atoms with Crippen molar-refractivity contribution in [1.82, 2.24) is 30.3 Å². The van der Waals surface area contributed by atoms with Crippen molar-refractivity contribution in [2.24, 2.45) is 12.0 Å². The van der Waals surface area contributed by atoms with Crippen molar-refractivity contribution in [2.45, 2.75) is 33.4 Å². The van der Waals surface area contributed by atoms with E-state index in [2.05, 4.69) is 56.9 Å². The molecule has 0 unspecified atom stereocenters. The minimum atomic E-state index is 0.580. The maximum atomic E-state index is 5.42. The third-order valence-electron chi connectivity index (χ3n) is 5.33. The SMILES string of the molecule is CCc1ccccc1CN=C(NCCN1CCOCC1)NCc1nnc(C)n1C. The van der Waals surface area contributed by atoms with E-state index < -0.39 is 0 Å². The highest BCUT2D eigenvalue weighted by atomic mass is 16.5. The van der Waals surface area contributed by atoms with Crippen LogP contribution in [0.5, 0.6) is 0 Å². The summed E-state index contributed by atoms with van der Waals surface area (Å²) < 4.78 is 7.41. The number of aryl methyl sites for hydroxylation is 2. The summed E-state index contributed by atoms with van der Waals surface area (Å²) in [6, 6.07) is 8.49. The standard InChI is InChI=1S/C21H33N7O/c1-4-18-7-5-6-8-19(18)15-23-21(22-9-10-28-11-13-29-14-12-28)24-16-20-26-25-17(2)27(20)3/h5-8H,4,9-16H2,1-3H3,(H2,22,23,24). The smallest absolute Gasteiger partial charge is 0.192 e. The Morgan fingerprint density at radius 3 is 2.59 bits per heavy atom. The molecule has 1 fully saturated rings. The fraction of sp³-hybridized carbons (Fsp3) is 0.571. The van der Waals surface area contributed by atoms with Crippen molar-refractivity contribution in [3.63, 3.8) is 0 Å². The minimum Gasteiger partial charge on any atom is -0.379 e. The van der Waals surface area contributed by atoms with Gasteiger partial charge in [0.15, 0.2) is 11.8 Å². The number of hydrogen-bond acceptors (Lipinski definition) is 5. The van der Waals surface area contributed by atoms with Crippen molar-refractivity contribution in [1.29, 1.82) is 0 Å². The predicted molar refractivity (Wildman–Crippen MR) is 115 cm³/mol. The maximum Gasteiger partial charge on any atom is 0.192 e. The van der Waals surface area contributed by atoms with Crippen LogP contribution >= 0.6 is 0 Å². The quantitative estimate of drug-likeness (QED) is 0.514. The number of nitrogens with zero attached hydrogens (tertiary/aromatic N) is 5. The van der Waals surface area contributed by atoms with Gasteiger partial charge in [0.2, 0.25) is 0 Å². The number of aliphatic imine (C=N–C) groups is 1. The summed E-state index contributed by atoms with van der Waals surface area (Å²) >= 11 is 0. The Hall–Kier alpha value is -2.45. The Morgan fingerprint density at radius 2 is 1.90 bits per heavy atom. The summed E-state index contributed by atoms with van der Waals surface area (Å²) in [6.45, 7) is 10.8. The van der Waals surface area contributed by atoms with Gasteiger partial charge in [0.05, 0.1) is 26.3 Å². The van der Waals surface area contributed by atoms with E-state index >= 15 is 0 Å². The summed E-state index contributed by atoms with van der Waals surface area (Å²) in [5, 5.41) is 15.2. The van der Waals surface area contributed by atoms with Crippen molar-refractivity contribution in [2.75, 3.05) is 39.4 Å². The van der Waals surface area contributed by atoms with Crippen LogP contribution in [0.2, 0.25) is 0 Å². The molecule has 158 valence electrons. The fourth-order valence-electron chi connectivity index (χ4n) is 3.32. The van der Waals surface area contributed by atoms with E-state index in [4.69, 9.17) is 9.73 Å². The van der Waals surface area contributed by atoms with Crippen molar-refractivity contribution < 1.29 is 4.74 Å². The van der Waals surface area contributed by atoms with Gasteiger partial charge < -0.3 is 19.9 Å². The lowest BCUT2D eigenvalue weighted by molar-refractivity contribution is 0.0389. The average molecular weight is 400 g/mol. The van der Waals surface area contributed by atoms with Gasteiger partial charge in [0, 0.05) is 33.2 Å². The van der Waals surface area contributed by atoms with Crippen LogP contribution in [0.4, 0.5) is 0 Å². The molecule has 1 aromatic carbocycles. The molecule has 0 saturated carbocycles. The maximum absolute atomic E-state index is 5.42. The molecule has 0 spiro atoms. The first-order chi connectivity index (χ1) is 14.2. The highest BCUT2D eigenvalue weighted by Crippen LogP contribution is 2.10. The second kappa shape index (κ2) is 10.9. The van der Waals surface area contributed by atoms with Gasteiger partial charge in [-0.05, 0) is 24.5 Å². The van der Waals surface area contributed by atoms with Crippen molar-refractivity contribution >= 4 is 5.96 Å². The van der Waals surface area contributed by atoms with E-state index in [-0.39, 0.29) is 0 Å². The Balaban J connectivity index is 1.61. The molecule has 1 aliphatic rings. The van der Waals surface area contributed by atoms with E-state index in [9.17, 15) is 0 Å². The highest BCUT2D eigenvalue weighted by Gasteiger charge is 2.11. The molecular formula is C21H33N7O. The van der Waals surface area contributed by atoms with E-state index in [0.717, 1.165) is 63.4 Å². The molecule has 8 nitrogen and oxygen atoms in total. The predicted octanol–water partition coefficient (Wildman–Crippen LogP) is 1.25. The number of benzene rings is 1. The zero-order chi connectivity index (χ0) is 20.5. The van der Waals surface area contributed by atoms with Crippen LogP contribution in [0.25, 0.3) is 0 Å². The summed E-state index contributed by atoms with van der Waals surface area (Å²) in [4.78, 5) is 7.24. The molecule has 0 amide bonds. The van der Waals surface area contributed by atoms with Crippen LogP contribution in [0.15, 0.2) is 29.3 Å². The summed E-state index contributed by atoms with van der Waals surface area (Å²) in [6.07, 6.45) is 1.01. The number of morpholine rings is 1. The van der Waals surface area contributed by atoms with E-state index in [1.165, 1.54) is 11.1 Å². The van der Waals surface area contributed by atoms with E-state index in [1.54, 1.807) is 0 Å². The lowest BCUT2D eigenvalue weighted by atomic mass is 10.1. The van der Waals surface area contributed by atoms with Crippen molar-refractivity contribution in [3.05, 3.63) is 47.0 Å². The fourth-order valence-corrected chi connectivity index (χ4v) is 3.32. The molecule has 0 aliphatic carbocycles. The van der Waals surface area contributed by atoms with Gasteiger partial charge in [-0.15, -0.1) is 10.2 Å². The molecule has 2 N–H and O–H groups in total. The molecule has 1 aromatic heterocycles. The van der Waals surface area contributed by atoms with E-state index in [1.807, 2.05) is 18.5 Å². The van der Waals surface area contributed by atoms with Crippen LogP contribution in [0.3, 0.4) is 0 Å². The zero-order valence-electron chi connectivity index (χ0n) is 17.8. The van der Waals surface area contributed by atoms with Gasteiger partial charge in [-0.1, -0.05) is 31.2 Å². The molecule has 8 heteroatoms. The lowest BCUT2D eigenvalue weighted by Crippen LogP contribution is -2.44. The summed E-state index contributed by atoms with van der Waals surface area (Å²) in [5.41, 5.74) is 2.60. The first-order valence-corrected chi connectivity index (χ1v) is 10.4. The number of hydrogen-bond donors (Lipinski definition) is 2. The number of ether oxygens (including phenoxy) is 1. The number of nitrogens with one attached hydrogen (secondary N) is 2. The third kappa shape index (κ3) is 6.27. The summed E-state index contributed by atoms with van der Waals surface area (Å²) in [7, 11) is 1.98. The van der Waals surface area contributed by atoms with Crippen LogP contribution in [0, 0.1) is 6.92 Å². The third-order valence-corrected chi connectivity index (χ3v) is 5.33. The second-order valence-electron chi connectivity index (χ2n) is 7.24. The molecule has 2 heterocycles. The van der Waals surface area contributed by atoms with Crippen LogP contribution < -0.4 is 10.6 Å². The normalized spacial score (nSPS) is 15.5. The van der Waals surface area contributed by atoms with Gasteiger partial charge in [-0.3, -0.25) is 4.90 Å². The molecule has 0 radical (unpaired) electrons. The molecule has 0 atom stereocenters. The Labute approximate surface area is 173 Å². The molecular weight excluding hydrogens is 366 g/mol. The number of aromatic nitrogens is 3. The second-order valence-corrected chi connectivity index (χ2v) is 7.24. The van der Waals surface area contributed by atoms with Gasteiger partial charge in [0.25, 0.3) is 0 Å². The molecule has 1 saturated heterocycles. The van der Waals surface area contributed by atoms with Crippen LogP contribution in [-0.2, 0) is 31.3 Å². The Morgan fingerprint density at radius 1 is 1.14 bits per heavy atom. The first-order valence-electron chi connectivity index (χ1n) is 10.4. The topological polar surface area (TPSA) is 79.6 Å². The first kappa shape index (κ1) is 21.3. The number of guanidine groups is 1. The number of rotatable bonds is 8. The zero-order valence-corrected chi connectivity index (χ0v) is 17.8. The highest BCUT2D eigenvalue weighted by molar-refractivity contribution is 5.79. The van der Waals surface area contributed by atoms with Gasteiger partial charge >= 0.3 is 0 Å². The van der Waals surface area contributed by atoms with Crippen molar-refractivity contribution in [3.8, 4) is 0 Å². The van der Waals surface area contributed by atoms with Gasteiger partial charge in [-0.25, -0.2) is 4.99 Å². The van der Waals surface area contributed by atoms with Crippen LogP contribution in [0.1, 0.15) is 29.7 Å². The molecule has 1 aliphatic heterocycles. The summed E-state index contributed by atoms with van der Waals surface area (Å²) in [5.74, 6) is 2.58. The molecule has 0 bridgehead atoms. The monoisotopic (exact) mass is 399 g/mol. The van der Waals surface area contributed by atoms with Gasteiger partial charge in [0.1, 0.15) is 5.82 Å². The molecule has 3 rings (SSSR count). The Kier molecular flexibility index (Phi) is 8.01. The largest absolute Gasteiger partial charge is 0.379 e. The minimum absolute atomic E-state index is 0.580. The average Bonchev–Trinajstić information content (AvgIpc) is 3.08. The molecule has 2 aromatic rings.